The molecule has 0 aromatic heterocycles. The Hall–Kier alpha value is -2.41. The van der Waals surface area contributed by atoms with E-state index in [0.29, 0.717) is 30.6 Å². The lowest BCUT2D eigenvalue weighted by Gasteiger charge is -2.31. The summed E-state index contributed by atoms with van der Waals surface area (Å²) in [5.74, 6) is 1.02. The van der Waals surface area contributed by atoms with Crippen LogP contribution >= 0.6 is 0 Å². The van der Waals surface area contributed by atoms with Crippen LogP contribution in [0.5, 0.6) is 5.75 Å². The molecule has 2 aromatic carbocycles. The van der Waals surface area contributed by atoms with Gasteiger partial charge in [-0.25, -0.2) is 0 Å². The van der Waals surface area contributed by atoms with Gasteiger partial charge >= 0.3 is 12.5 Å². The molecule has 4 rings (SSSR count). The van der Waals surface area contributed by atoms with Crippen LogP contribution in [0.1, 0.15) is 87.3 Å². The highest BCUT2D eigenvalue weighted by molar-refractivity contribution is 5.30. The largest absolute Gasteiger partial charge is 0.573 e. The predicted molar refractivity (Wildman–Crippen MR) is 138 cm³/mol. The normalized spacial score (nSPS) is 25.0. The summed E-state index contributed by atoms with van der Waals surface area (Å²) in [7, 11) is 0. The highest BCUT2D eigenvalue weighted by atomic mass is 19.4. The molecule has 0 N–H and O–H groups in total. The standard InChI is InChI=1S/C31H37F5O2/c1-2-3-22-8-16-27(17-9-22)30(32,33)37-28-18-10-24(11-19-28)5-4-23-6-12-25(13-7-23)26-14-20-29(21-15-26)38-31(34,35)36/h4-5,8-9,14-17,20-21,23-25,28H,2-3,6-7,10-13,18-19H2,1H3/b5-4+. The summed E-state index contributed by atoms with van der Waals surface area (Å²) in [6.45, 7) is 2.06. The molecule has 0 amide bonds. The Kier molecular flexibility index (Phi) is 9.50. The molecule has 2 aliphatic rings. The number of ether oxygens (including phenoxy) is 2. The first-order chi connectivity index (χ1) is 18.1. The third kappa shape index (κ3) is 8.29. The average molecular weight is 537 g/mol. The van der Waals surface area contributed by atoms with E-state index in [2.05, 4.69) is 23.8 Å². The molecule has 38 heavy (non-hydrogen) atoms. The number of hydrogen-bond donors (Lipinski definition) is 0. The van der Waals surface area contributed by atoms with Crippen molar-refractivity contribution in [2.45, 2.75) is 95.6 Å². The molecule has 0 heterocycles. The van der Waals surface area contributed by atoms with Crippen molar-refractivity contribution < 1.29 is 31.4 Å². The van der Waals surface area contributed by atoms with E-state index in [1.165, 1.54) is 24.3 Å². The number of alkyl halides is 5. The highest BCUT2D eigenvalue weighted by Gasteiger charge is 2.37. The Balaban J connectivity index is 1.18. The van der Waals surface area contributed by atoms with E-state index in [9.17, 15) is 22.0 Å². The summed E-state index contributed by atoms with van der Waals surface area (Å²) in [5, 5.41) is 0. The summed E-state index contributed by atoms with van der Waals surface area (Å²) in [6, 6.07) is 12.7. The van der Waals surface area contributed by atoms with Gasteiger partial charge in [0.2, 0.25) is 0 Å². The van der Waals surface area contributed by atoms with Crippen LogP contribution < -0.4 is 4.74 Å². The molecule has 2 nitrogen and oxygen atoms in total. The van der Waals surface area contributed by atoms with Gasteiger partial charge < -0.3 is 9.47 Å². The van der Waals surface area contributed by atoms with E-state index < -0.39 is 18.6 Å². The molecule has 2 saturated carbocycles. The summed E-state index contributed by atoms with van der Waals surface area (Å²) < 4.78 is 75.7. The molecule has 0 radical (unpaired) electrons. The zero-order chi connectivity index (χ0) is 27.2. The van der Waals surface area contributed by atoms with Gasteiger partial charge in [0.25, 0.3) is 0 Å². The Morgan fingerprint density at radius 2 is 1.29 bits per heavy atom. The zero-order valence-electron chi connectivity index (χ0n) is 21.9. The van der Waals surface area contributed by atoms with Gasteiger partial charge in [-0.05, 0) is 98.8 Å². The second-order valence-electron chi connectivity index (χ2n) is 10.7. The maximum absolute atomic E-state index is 14.7. The lowest BCUT2D eigenvalue weighted by Crippen LogP contribution is -2.29. The molecule has 0 atom stereocenters. The van der Waals surface area contributed by atoms with Crippen LogP contribution in [0.3, 0.4) is 0 Å². The first kappa shape index (κ1) is 28.6. The number of benzene rings is 2. The Bertz CT molecular complexity index is 1010. The molecular formula is C31H37F5O2. The maximum Gasteiger partial charge on any atom is 0.573 e. The Labute approximate surface area is 222 Å². The third-order valence-electron chi connectivity index (χ3n) is 7.87. The van der Waals surface area contributed by atoms with Crippen molar-refractivity contribution in [3.05, 3.63) is 77.4 Å². The van der Waals surface area contributed by atoms with Crippen LogP contribution in [-0.2, 0) is 17.3 Å². The first-order valence-corrected chi connectivity index (χ1v) is 13.8. The van der Waals surface area contributed by atoms with Crippen molar-refractivity contribution >= 4 is 0 Å². The molecule has 2 fully saturated rings. The molecular weight excluding hydrogens is 499 g/mol. The SMILES string of the molecule is CCCc1ccc(C(F)(F)OC2CCC(/C=C/C3CCC(c4ccc(OC(F)(F)F)cc4)CC3)CC2)cc1. The van der Waals surface area contributed by atoms with Gasteiger partial charge in [0.05, 0.1) is 11.7 Å². The second-order valence-corrected chi connectivity index (χ2v) is 10.7. The van der Waals surface area contributed by atoms with Gasteiger partial charge in [0, 0.05) is 0 Å². The van der Waals surface area contributed by atoms with Gasteiger partial charge in [0.15, 0.2) is 0 Å². The minimum atomic E-state index is -4.68. The monoisotopic (exact) mass is 536 g/mol. The second kappa shape index (κ2) is 12.6. The lowest BCUT2D eigenvalue weighted by atomic mass is 9.78. The van der Waals surface area contributed by atoms with E-state index in [1.807, 2.05) is 0 Å². The minimum Gasteiger partial charge on any atom is -0.406 e. The number of rotatable bonds is 9. The molecule has 2 aromatic rings. The van der Waals surface area contributed by atoms with Crippen LogP contribution in [0.2, 0.25) is 0 Å². The van der Waals surface area contributed by atoms with Gasteiger partial charge in [-0.3, -0.25) is 0 Å². The van der Waals surface area contributed by atoms with Crippen molar-refractivity contribution in [1.82, 2.24) is 0 Å². The predicted octanol–water partition coefficient (Wildman–Crippen LogP) is 9.69. The van der Waals surface area contributed by atoms with Crippen LogP contribution in [0, 0.1) is 11.8 Å². The zero-order valence-corrected chi connectivity index (χ0v) is 21.9. The summed E-state index contributed by atoms with van der Waals surface area (Å²) >= 11 is 0. The molecule has 0 saturated heterocycles. The molecule has 0 spiro atoms. The van der Waals surface area contributed by atoms with Crippen LogP contribution in [0.4, 0.5) is 22.0 Å². The Morgan fingerprint density at radius 1 is 0.737 bits per heavy atom. The first-order valence-electron chi connectivity index (χ1n) is 13.8. The van der Waals surface area contributed by atoms with Gasteiger partial charge in [-0.2, -0.15) is 8.78 Å². The number of hydrogen-bond acceptors (Lipinski definition) is 2. The quantitative estimate of drug-likeness (QED) is 0.235. The van der Waals surface area contributed by atoms with Crippen molar-refractivity contribution in [1.29, 1.82) is 0 Å². The number of aryl methyl sites for hydroxylation is 1. The van der Waals surface area contributed by atoms with Gasteiger partial charge in [0.1, 0.15) is 5.75 Å². The summed E-state index contributed by atoms with van der Waals surface area (Å²) in [5.41, 5.74) is 2.02. The summed E-state index contributed by atoms with van der Waals surface area (Å²) in [4.78, 5) is 0. The topological polar surface area (TPSA) is 18.5 Å². The van der Waals surface area contributed by atoms with Gasteiger partial charge in [-0.15, -0.1) is 13.2 Å². The number of allylic oxidation sites excluding steroid dienone is 2. The molecule has 7 heteroatoms. The van der Waals surface area contributed by atoms with Crippen LogP contribution in [0.15, 0.2) is 60.7 Å². The highest BCUT2D eigenvalue weighted by Crippen LogP contribution is 2.39. The Morgan fingerprint density at radius 3 is 1.82 bits per heavy atom. The van der Waals surface area contributed by atoms with E-state index in [4.69, 9.17) is 4.74 Å². The number of halogens is 5. The fourth-order valence-electron chi connectivity index (χ4n) is 5.73. The lowest BCUT2D eigenvalue weighted by molar-refractivity contribution is -0.277. The van der Waals surface area contributed by atoms with Crippen LogP contribution in [-0.4, -0.2) is 12.5 Å². The molecule has 0 aliphatic heterocycles. The molecule has 0 unspecified atom stereocenters. The van der Waals surface area contributed by atoms with E-state index in [-0.39, 0.29) is 11.3 Å². The van der Waals surface area contributed by atoms with Crippen LogP contribution in [0.25, 0.3) is 0 Å². The smallest absolute Gasteiger partial charge is 0.406 e. The minimum absolute atomic E-state index is 0.0828. The third-order valence-corrected chi connectivity index (χ3v) is 7.87. The van der Waals surface area contributed by atoms with Gasteiger partial charge in [-0.1, -0.05) is 61.9 Å². The van der Waals surface area contributed by atoms with Crippen molar-refractivity contribution in [2.24, 2.45) is 11.8 Å². The van der Waals surface area contributed by atoms with Crippen molar-refractivity contribution in [3.8, 4) is 5.75 Å². The fourth-order valence-corrected chi connectivity index (χ4v) is 5.73. The van der Waals surface area contributed by atoms with E-state index in [0.717, 1.165) is 62.5 Å². The maximum atomic E-state index is 14.7. The fraction of sp³-hybridized carbons (Fsp3) is 0.548. The molecule has 2 aliphatic carbocycles. The van der Waals surface area contributed by atoms with Crippen molar-refractivity contribution in [3.63, 3.8) is 0 Å². The molecule has 0 bridgehead atoms. The summed E-state index contributed by atoms with van der Waals surface area (Å²) in [6.07, 6.45) is 4.99. The average Bonchev–Trinajstić information content (AvgIpc) is 2.89. The molecule has 208 valence electrons. The van der Waals surface area contributed by atoms with E-state index in [1.54, 1.807) is 24.3 Å². The van der Waals surface area contributed by atoms with Crippen molar-refractivity contribution in [2.75, 3.05) is 0 Å². The van der Waals surface area contributed by atoms with E-state index >= 15 is 0 Å².